The van der Waals surface area contributed by atoms with Crippen molar-refractivity contribution in [2.45, 2.75) is 27.7 Å². The first kappa shape index (κ1) is 11.8. The van der Waals surface area contributed by atoms with Crippen molar-refractivity contribution in [1.29, 1.82) is 0 Å². The van der Waals surface area contributed by atoms with E-state index >= 15 is 0 Å². The third-order valence-corrected chi connectivity index (χ3v) is 1.61. The monoisotopic (exact) mass is 181 g/mol. The molecule has 0 bridgehead atoms. The summed E-state index contributed by atoms with van der Waals surface area (Å²) in [6, 6.07) is 1.93. The summed E-state index contributed by atoms with van der Waals surface area (Å²) in [5.74, 6) is 0.600. The van der Waals surface area contributed by atoms with Crippen LogP contribution in [0.4, 0.5) is 11.5 Å². The third kappa shape index (κ3) is 3.32. The standard InChI is InChI=1S/C8H13N3.C2H6/c1-3-10-7-4-5-11-8(9)6(7)2;1-2/h4-5H,3H2,1-2H3,(H3,9,10,11);1-2H3. The van der Waals surface area contributed by atoms with Gasteiger partial charge in [-0.2, -0.15) is 0 Å². The van der Waals surface area contributed by atoms with Gasteiger partial charge in [-0.25, -0.2) is 4.98 Å². The van der Waals surface area contributed by atoms with Gasteiger partial charge in [-0.15, -0.1) is 0 Å². The Kier molecular flexibility index (Phi) is 5.68. The minimum absolute atomic E-state index is 0.600. The number of nitrogens with zero attached hydrogens (tertiary/aromatic N) is 1. The van der Waals surface area contributed by atoms with Gasteiger partial charge in [0.25, 0.3) is 0 Å². The van der Waals surface area contributed by atoms with Gasteiger partial charge >= 0.3 is 0 Å². The molecular weight excluding hydrogens is 162 g/mol. The van der Waals surface area contributed by atoms with E-state index in [0.717, 1.165) is 17.8 Å². The molecule has 0 fully saturated rings. The zero-order valence-electron chi connectivity index (χ0n) is 8.89. The van der Waals surface area contributed by atoms with Gasteiger partial charge in [-0.1, -0.05) is 13.8 Å². The van der Waals surface area contributed by atoms with Crippen LogP contribution in [0.25, 0.3) is 0 Å². The molecule has 1 aromatic rings. The topological polar surface area (TPSA) is 50.9 Å². The van der Waals surface area contributed by atoms with Crippen molar-refractivity contribution in [2.75, 3.05) is 17.6 Å². The first-order chi connectivity index (χ1) is 6.25. The Morgan fingerprint density at radius 2 is 2.08 bits per heavy atom. The van der Waals surface area contributed by atoms with E-state index in [2.05, 4.69) is 17.2 Å². The average molecular weight is 181 g/mol. The van der Waals surface area contributed by atoms with Crippen LogP contribution < -0.4 is 11.1 Å². The maximum Gasteiger partial charge on any atom is 0.128 e. The molecule has 0 saturated carbocycles. The summed E-state index contributed by atoms with van der Waals surface area (Å²) in [5, 5.41) is 3.20. The van der Waals surface area contributed by atoms with Crippen LogP contribution in [-0.4, -0.2) is 11.5 Å². The molecule has 74 valence electrons. The summed E-state index contributed by atoms with van der Waals surface area (Å²) < 4.78 is 0. The lowest BCUT2D eigenvalue weighted by atomic mass is 10.2. The molecule has 0 amide bonds. The molecule has 3 nitrogen and oxygen atoms in total. The summed E-state index contributed by atoms with van der Waals surface area (Å²) in [4.78, 5) is 3.96. The summed E-state index contributed by atoms with van der Waals surface area (Å²) in [6.07, 6.45) is 1.71. The number of hydrogen-bond acceptors (Lipinski definition) is 3. The average Bonchev–Trinajstić information content (AvgIpc) is 2.17. The first-order valence-corrected chi connectivity index (χ1v) is 4.70. The van der Waals surface area contributed by atoms with Crippen LogP contribution >= 0.6 is 0 Å². The van der Waals surface area contributed by atoms with Gasteiger partial charge in [0.05, 0.1) is 0 Å². The molecule has 0 aliphatic rings. The van der Waals surface area contributed by atoms with Crippen LogP contribution in [0.3, 0.4) is 0 Å². The van der Waals surface area contributed by atoms with Crippen molar-refractivity contribution in [3.05, 3.63) is 17.8 Å². The molecule has 0 radical (unpaired) electrons. The second-order valence-corrected chi connectivity index (χ2v) is 2.40. The second kappa shape index (κ2) is 6.29. The van der Waals surface area contributed by atoms with E-state index in [4.69, 9.17) is 5.73 Å². The minimum atomic E-state index is 0.600. The highest BCUT2D eigenvalue weighted by atomic mass is 14.9. The highest BCUT2D eigenvalue weighted by Gasteiger charge is 1.98. The normalized spacial score (nSPS) is 8.62. The lowest BCUT2D eigenvalue weighted by Gasteiger charge is -2.07. The number of hydrogen-bond donors (Lipinski definition) is 2. The van der Waals surface area contributed by atoms with E-state index in [0.29, 0.717) is 5.82 Å². The maximum atomic E-state index is 5.60. The van der Waals surface area contributed by atoms with Crippen molar-refractivity contribution in [3.8, 4) is 0 Å². The largest absolute Gasteiger partial charge is 0.385 e. The van der Waals surface area contributed by atoms with Crippen molar-refractivity contribution in [3.63, 3.8) is 0 Å². The fraction of sp³-hybridized carbons (Fsp3) is 0.500. The van der Waals surface area contributed by atoms with E-state index in [1.165, 1.54) is 0 Å². The van der Waals surface area contributed by atoms with Crippen LogP contribution in [0.5, 0.6) is 0 Å². The summed E-state index contributed by atoms with van der Waals surface area (Å²) in [7, 11) is 0. The van der Waals surface area contributed by atoms with Crippen molar-refractivity contribution in [1.82, 2.24) is 4.98 Å². The Bertz CT molecular complexity index is 246. The first-order valence-electron chi connectivity index (χ1n) is 4.70. The second-order valence-electron chi connectivity index (χ2n) is 2.40. The van der Waals surface area contributed by atoms with Crippen molar-refractivity contribution >= 4 is 11.5 Å². The van der Waals surface area contributed by atoms with Crippen molar-refractivity contribution in [2.24, 2.45) is 0 Å². The summed E-state index contributed by atoms with van der Waals surface area (Å²) in [6.45, 7) is 8.92. The highest BCUT2D eigenvalue weighted by Crippen LogP contribution is 2.17. The lowest BCUT2D eigenvalue weighted by molar-refractivity contribution is 1.18. The fourth-order valence-electron chi connectivity index (χ4n) is 0.934. The van der Waals surface area contributed by atoms with Crippen LogP contribution in [0.2, 0.25) is 0 Å². The predicted molar refractivity (Wildman–Crippen MR) is 58.9 cm³/mol. The molecule has 0 unspecified atom stereocenters. The Hall–Kier alpha value is -1.25. The van der Waals surface area contributed by atoms with Gasteiger partial charge in [0.15, 0.2) is 0 Å². The molecule has 3 heteroatoms. The lowest BCUT2D eigenvalue weighted by Crippen LogP contribution is -2.02. The van der Waals surface area contributed by atoms with E-state index in [1.807, 2.05) is 26.8 Å². The van der Waals surface area contributed by atoms with Gasteiger partial charge < -0.3 is 11.1 Å². The SMILES string of the molecule is CC.CCNc1ccnc(N)c1C. The number of nitrogen functional groups attached to an aromatic ring is 1. The van der Waals surface area contributed by atoms with Gasteiger partial charge in [0.2, 0.25) is 0 Å². The molecule has 1 rings (SSSR count). The zero-order chi connectivity index (χ0) is 10.3. The Labute approximate surface area is 80.4 Å². The van der Waals surface area contributed by atoms with Crippen LogP contribution in [-0.2, 0) is 0 Å². The zero-order valence-corrected chi connectivity index (χ0v) is 8.89. The smallest absolute Gasteiger partial charge is 0.128 e. The van der Waals surface area contributed by atoms with Gasteiger partial charge in [-0.3, -0.25) is 0 Å². The molecule has 0 aromatic carbocycles. The number of pyridine rings is 1. The number of aromatic nitrogens is 1. The third-order valence-electron chi connectivity index (χ3n) is 1.61. The molecule has 1 aromatic heterocycles. The Balaban J connectivity index is 0.000000671. The molecular formula is C10H19N3. The van der Waals surface area contributed by atoms with E-state index < -0.39 is 0 Å². The molecule has 3 N–H and O–H groups in total. The molecule has 0 atom stereocenters. The summed E-state index contributed by atoms with van der Waals surface area (Å²) >= 11 is 0. The Morgan fingerprint density at radius 1 is 1.46 bits per heavy atom. The van der Waals surface area contributed by atoms with Gasteiger partial charge in [0.1, 0.15) is 5.82 Å². The minimum Gasteiger partial charge on any atom is -0.385 e. The number of nitrogens with one attached hydrogen (secondary N) is 1. The van der Waals surface area contributed by atoms with E-state index in [-0.39, 0.29) is 0 Å². The van der Waals surface area contributed by atoms with Crippen molar-refractivity contribution < 1.29 is 0 Å². The van der Waals surface area contributed by atoms with Crippen LogP contribution in [0.15, 0.2) is 12.3 Å². The van der Waals surface area contributed by atoms with Crippen LogP contribution in [0.1, 0.15) is 26.3 Å². The molecule has 13 heavy (non-hydrogen) atoms. The van der Waals surface area contributed by atoms with E-state index in [9.17, 15) is 0 Å². The molecule has 0 saturated heterocycles. The fourth-order valence-corrected chi connectivity index (χ4v) is 0.934. The Morgan fingerprint density at radius 3 is 2.62 bits per heavy atom. The summed E-state index contributed by atoms with van der Waals surface area (Å²) in [5.41, 5.74) is 7.69. The molecule has 0 aliphatic heterocycles. The number of nitrogens with two attached hydrogens (primary N) is 1. The van der Waals surface area contributed by atoms with Crippen LogP contribution in [0, 0.1) is 6.92 Å². The molecule has 0 aliphatic carbocycles. The maximum absolute atomic E-state index is 5.60. The quantitative estimate of drug-likeness (QED) is 0.736. The molecule has 1 heterocycles. The predicted octanol–water partition coefficient (Wildman–Crippen LogP) is 2.43. The molecule has 0 spiro atoms. The number of anilines is 2. The van der Waals surface area contributed by atoms with E-state index in [1.54, 1.807) is 6.20 Å². The number of rotatable bonds is 2. The highest BCUT2D eigenvalue weighted by molar-refractivity contribution is 5.58. The van der Waals surface area contributed by atoms with Gasteiger partial charge in [-0.05, 0) is 19.9 Å². The van der Waals surface area contributed by atoms with Gasteiger partial charge in [0, 0.05) is 24.0 Å².